The smallest absolute Gasteiger partial charge is 0.137 e. The molecule has 0 radical (unpaired) electrons. The van der Waals surface area contributed by atoms with Crippen molar-refractivity contribution in [1.82, 2.24) is 9.38 Å². The first kappa shape index (κ1) is 32.8. The Morgan fingerprint density at radius 1 is 0.281 bits per heavy atom. The van der Waals surface area contributed by atoms with Gasteiger partial charge in [-0.25, -0.2) is 4.98 Å². The fourth-order valence-electron chi connectivity index (χ4n) is 8.54. The maximum atomic E-state index is 4.98. The van der Waals surface area contributed by atoms with Crippen molar-refractivity contribution in [2.45, 2.75) is 0 Å². The Bertz CT molecular complexity index is 3190. The predicted molar refractivity (Wildman–Crippen MR) is 240 cm³/mol. The third-order valence-corrected chi connectivity index (χ3v) is 11.4. The van der Waals surface area contributed by atoms with Gasteiger partial charge in [0.25, 0.3) is 0 Å². The minimum Gasteiger partial charge on any atom is -0.306 e. The highest BCUT2D eigenvalue weighted by atomic mass is 15.0. The zero-order chi connectivity index (χ0) is 37.7. The van der Waals surface area contributed by atoms with Crippen molar-refractivity contribution in [3.8, 4) is 66.9 Å². The Morgan fingerprint density at radius 2 is 0.702 bits per heavy atom. The lowest BCUT2D eigenvalue weighted by molar-refractivity contribution is 1.19. The molecule has 0 N–H and O–H groups in total. The lowest BCUT2D eigenvalue weighted by Gasteiger charge is -2.18. The van der Waals surface area contributed by atoms with Crippen molar-refractivity contribution in [3.63, 3.8) is 0 Å². The molecule has 0 atom stereocenters. The first-order valence-corrected chi connectivity index (χ1v) is 19.5. The molecule has 0 spiro atoms. The Labute approximate surface area is 331 Å². The largest absolute Gasteiger partial charge is 0.306 e. The van der Waals surface area contributed by atoms with Crippen LogP contribution in [0.2, 0.25) is 0 Å². The minimum atomic E-state index is 0.934. The van der Waals surface area contributed by atoms with Crippen molar-refractivity contribution in [3.05, 3.63) is 219 Å². The highest BCUT2D eigenvalue weighted by Crippen LogP contribution is 2.44. The number of hydrogen-bond acceptors (Lipinski definition) is 1. The van der Waals surface area contributed by atoms with E-state index in [4.69, 9.17) is 4.98 Å². The van der Waals surface area contributed by atoms with E-state index in [2.05, 4.69) is 217 Å². The second kappa shape index (κ2) is 13.6. The molecule has 11 rings (SSSR count). The van der Waals surface area contributed by atoms with Crippen molar-refractivity contribution < 1.29 is 0 Å². The van der Waals surface area contributed by atoms with Gasteiger partial charge in [0.05, 0.1) is 5.69 Å². The summed E-state index contributed by atoms with van der Waals surface area (Å²) in [5.74, 6) is 0. The van der Waals surface area contributed by atoms with Crippen LogP contribution < -0.4 is 0 Å². The summed E-state index contributed by atoms with van der Waals surface area (Å²) in [6.07, 6.45) is 4.29. The molecule has 9 aromatic carbocycles. The molecule has 2 heteroatoms. The maximum Gasteiger partial charge on any atom is 0.137 e. The van der Waals surface area contributed by atoms with Crippen molar-refractivity contribution in [2.75, 3.05) is 0 Å². The third kappa shape index (κ3) is 5.87. The van der Waals surface area contributed by atoms with Gasteiger partial charge in [-0.15, -0.1) is 0 Å². The van der Waals surface area contributed by atoms with Crippen molar-refractivity contribution in [1.29, 1.82) is 0 Å². The summed E-state index contributed by atoms with van der Waals surface area (Å²) >= 11 is 0. The van der Waals surface area contributed by atoms with E-state index < -0.39 is 0 Å². The van der Waals surface area contributed by atoms with Crippen molar-refractivity contribution >= 4 is 38.0 Å². The molecule has 57 heavy (non-hydrogen) atoms. The lowest BCUT2D eigenvalue weighted by Crippen LogP contribution is -1.91. The van der Waals surface area contributed by atoms with Crippen LogP contribution in [0.4, 0.5) is 0 Å². The Kier molecular flexibility index (Phi) is 7.86. The van der Waals surface area contributed by atoms with Gasteiger partial charge in [-0.2, -0.15) is 0 Å². The van der Waals surface area contributed by atoms with E-state index in [1.54, 1.807) is 0 Å². The Balaban J connectivity index is 0.931. The molecule has 0 aliphatic heterocycles. The molecule has 0 aliphatic rings. The first-order chi connectivity index (χ1) is 28.2. The summed E-state index contributed by atoms with van der Waals surface area (Å²) in [5, 5.41) is 7.51. The summed E-state index contributed by atoms with van der Waals surface area (Å²) in [5.41, 5.74) is 15.1. The molecule has 2 nitrogen and oxygen atoms in total. The van der Waals surface area contributed by atoms with Gasteiger partial charge in [0.2, 0.25) is 0 Å². The summed E-state index contributed by atoms with van der Waals surface area (Å²) in [4.78, 5) is 4.98. The molecule has 0 saturated heterocycles. The summed E-state index contributed by atoms with van der Waals surface area (Å²) in [6, 6.07) is 74.6. The molecule has 0 aliphatic carbocycles. The van der Waals surface area contributed by atoms with Crippen LogP contribution in [0.25, 0.3) is 105 Å². The Hall–Kier alpha value is -7.55. The summed E-state index contributed by atoms with van der Waals surface area (Å²) in [6.45, 7) is 0. The molecule has 0 bridgehead atoms. The fraction of sp³-hybridized carbons (Fsp3) is 0. The van der Waals surface area contributed by atoms with E-state index in [1.165, 1.54) is 88.0 Å². The minimum absolute atomic E-state index is 0.934. The monoisotopic (exact) mass is 724 g/mol. The predicted octanol–water partition coefficient (Wildman–Crippen LogP) is 14.8. The van der Waals surface area contributed by atoms with E-state index in [0.717, 1.165) is 16.9 Å². The fourth-order valence-corrected chi connectivity index (χ4v) is 8.54. The molecule has 0 fully saturated rings. The van der Waals surface area contributed by atoms with E-state index in [1.807, 2.05) is 6.07 Å². The average molecular weight is 725 g/mol. The second-order valence-corrected chi connectivity index (χ2v) is 14.8. The number of rotatable bonds is 6. The van der Waals surface area contributed by atoms with Gasteiger partial charge in [-0.05, 0) is 106 Å². The van der Waals surface area contributed by atoms with Crippen LogP contribution >= 0.6 is 0 Å². The van der Waals surface area contributed by atoms with E-state index in [-0.39, 0.29) is 0 Å². The van der Waals surface area contributed by atoms with E-state index in [9.17, 15) is 0 Å². The maximum absolute atomic E-state index is 4.98. The summed E-state index contributed by atoms with van der Waals surface area (Å²) < 4.78 is 2.13. The van der Waals surface area contributed by atoms with Gasteiger partial charge in [0, 0.05) is 18.0 Å². The quantitative estimate of drug-likeness (QED) is 0.156. The highest BCUT2D eigenvalue weighted by molar-refractivity contribution is 6.21. The first-order valence-electron chi connectivity index (χ1n) is 19.5. The zero-order valence-electron chi connectivity index (χ0n) is 31.2. The van der Waals surface area contributed by atoms with Gasteiger partial charge >= 0.3 is 0 Å². The van der Waals surface area contributed by atoms with Crippen LogP contribution in [0, 0.1) is 0 Å². The number of fused-ring (bicyclic) bond motifs is 4. The number of nitrogens with zero attached hydrogens (tertiary/aromatic N) is 2. The Morgan fingerprint density at radius 3 is 1.28 bits per heavy atom. The number of benzene rings is 9. The van der Waals surface area contributed by atoms with Crippen LogP contribution in [0.3, 0.4) is 0 Å². The lowest BCUT2D eigenvalue weighted by atomic mass is 9.85. The van der Waals surface area contributed by atoms with Crippen LogP contribution in [0.5, 0.6) is 0 Å². The molecule has 2 heterocycles. The van der Waals surface area contributed by atoms with Gasteiger partial charge in [0.15, 0.2) is 0 Å². The molecule has 2 aromatic heterocycles. The topological polar surface area (TPSA) is 17.3 Å². The standard InChI is InChI=1S/C55H36N2/c1-2-10-37(11-3-1)47-32-33-53-56-52(36-57(53)35-47)42-25-29-44(30-26-42)55-50-16-8-6-14-48(50)54(49-15-7-9-17-51(49)55)43-27-22-40(23-28-43)39-18-20-41(21-19-39)46-31-24-38-12-4-5-13-45(38)34-46/h1-36H. The van der Waals surface area contributed by atoms with Gasteiger partial charge in [0.1, 0.15) is 5.65 Å². The van der Waals surface area contributed by atoms with Crippen LogP contribution in [0.15, 0.2) is 219 Å². The average Bonchev–Trinajstić information content (AvgIpc) is 3.72. The van der Waals surface area contributed by atoms with Crippen LogP contribution in [0.1, 0.15) is 0 Å². The highest BCUT2D eigenvalue weighted by Gasteiger charge is 2.17. The van der Waals surface area contributed by atoms with Gasteiger partial charge in [-0.1, -0.05) is 188 Å². The molecule has 266 valence electrons. The molecule has 11 aromatic rings. The second-order valence-electron chi connectivity index (χ2n) is 14.8. The zero-order valence-corrected chi connectivity index (χ0v) is 31.2. The number of imidazole rings is 1. The van der Waals surface area contributed by atoms with Crippen LogP contribution in [-0.4, -0.2) is 9.38 Å². The molecular formula is C55H36N2. The number of pyridine rings is 1. The van der Waals surface area contributed by atoms with Gasteiger partial charge in [-0.3, -0.25) is 0 Å². The van der Waals surface area contributed by atoms with E-state index >= 15 is 0 Å². The normalized spacial score (nSPS) is 11.5. The van der Waals surface area contributed by atoms with Crippen molar-refractivity contribution in [2.24, 2.45) is 0 Å². The molecule has 0 amide bonds. The SMILES string of the molecule is c1ccc(-c2ccc3nc(-c4ccc(-c5c6ccccc6c(-c6ccc(-c7ccc(-c8ccc9ccccc9c8)cc7)cc6)c6ccccc56)cc4)cn3c2)cc1. The number of aromatic nitrogens is 2. The van der Waals surface area contributed by atoms with Crippen LogP contribution in [-0.2, 0) is 0 Å². The third-order valence-electron chi connectivity index (χ3n) is 11.4. The van der Waals surface area contributed by atoms with Gasteiger partial charge < -0.3 is 4.40 Å². The number of hydrogen-bond donors (Lipinski definition) is 0. The van der Waals surface area contributed by atoms with E-state index in [0.29, 0.717) is 0 Å². The summed E-state index contributed by atoms with van der Waals surface area (Å²) in [7, 11) is 0. The molecule has 0 saturated carbocycles. The molecule has 0 unspecified atom stereocenters. The molecular weight excluding hydrogens is 689 g/mol.